The average molecular weight is 285 g/mol. The fourth-order valence-corrected chi connectivity index (χ4v) is 3.41. The van der Waals surface area contributed by atoms with Gasteiger partial charge in [0.25, 0.3) is 5.89 Å². The summed E-state index contributed by atoms with van der Waals surface area (Å²) in [6, 6.07) is 8.51. The Morgan fingerprint density at radius 1 is 1.19 bits per heavy atom. The van der Waals surface area contributed by atoms with Gasteiger partial charge < -0.3 is 15.0 Å². The summed E-state index contributed by atoms with van der Waals surface area (Å²) < 4.78 is 11.3. The average Bonchev–Trinajstić information content (AvgIpc) is 3.24. The smallest absolute Gasteiger partial charge is 0.255 e. The number of nitrogens with two attached hydrogens (primary N) is 1. The highest BCUT2D eigenvalue weighted by atomic mass is 16.5. The molecule has 1 aliphatic carbocycles. The highest BCUT2D eigenvalue weighted by Crippen LogP contribution is 2.38. The molecule has 1 aromatic heterocycles. The third-order valence-electron chi connectivity index (χ3n) is 4.55. The number of benzene rings is 1. The molecular formula is C16H19N3O2. The summed E-state index contributed by atoms with van der Waals surface area (Å²) in [5.41, 5.74) is 8.37. The first-order valence-corrected chi connectivity index (χ1v) is 7.62. The van der Waals surface area contributed by atoms with Gasteiger partial charge in [0.2, 0.25) is 0 Å². The second-order valence-corrected chi connectivity index (χ2v) is 5.84. The zero-order valence-electron chi connectivity index (χ0n) is 11.9. The maximum Gasteiger partial charge on any atom is 0.255 e. The SMILES string of the molecule is NCC1CCC(c2nc(C3CCc4ccccc43)no2)O1. The number of nitrogens with zero attached hydrogens (tertiary/aromatic N) is 2. The van der Waals surface area contributed by atoms with Crippen LogP contribution in [0.1, 0.15) is 54.1 Å². The fourth-order valence-electron chi connectivity index (χ4n) is 3.41. The molecule has 2 aliphatic rings. The van der Waals surface area contributed by atoms with Crippen LogP contribution in [-0.4, -0.2) is 22.8 Å². The number of hydrogen-bond donors (Lipinski definition) is 1. The zero-order valence-corrected chi connectivity index (χ0v) is 11.9. The molecular weight excluding hydrogens is 266 g/mol. The molecule has 21 heavy (non-hydrogen) atoms. The van der Waals surface area contributed by atoms with Gasteiger partial charge in [-0.1, -0.05) is 29.4 Å². The topological polar surface area (TPSA) is 74.2 Å². The molecule has 0 bridgehead atoms. The van der Waals surface area contributed by atoms with Crippen LogP contribution in [0.15, 0.2) is 28.8 Å². The summed E-state index contributed by atoms with van der Waals surface area (Å²) >= 11 is 0. The molecule has 0 amide bonds. The number of hydrogen-bond acceptors (Lipinski definition) is 5. The van der Waals surface area contributed by atoms with Gasteiger partial charge in [-0.3, -0.25) is 0 Å². The van der Waals surface area contributed by atoms with Gasteiger partial charge in [0, 0.05) is 12.5 Å². The fraction of sp³-hybridized carbons (Fsp3) is 0.500. The Morgan fingerprint density at radius 3 is 2.95 bits per heavy atom. The van der Waals surface area contributed by atoms with Crippen LogP contribution >= 0.6 is 0 Å². The maximum absolute atomic E-state index is 5.82. The molecule has 2 heterocycles. The van der Waals surface area contributed by atoms with Crippen molar-refractivity contribution in [3.8, 4) is 0 Å². The summed E-state index contributed by atoms with van der Waals surface area (Å²) in [4.78, 5) is 4.60. The number of aromatic nitrogens is 2. The Bertz CT molecular complexity index is 640. The Morgan fingerprint density at radius 2 is 2.10 bits per heavy atom. The summed E-state index contributed by atoms with van der Waals surface area (Å²) in [7, 11) is 0. The van der Waals surface area contributed by atoms with E-state index in [0.29, 0.717) is 12.4 Å². The number of fused-ring (bicyclic) bond motifs is 1. The second kappa shape index (κ2) is 5.24. The van der Waals surface area contributed by atoms with Crippen LogP contribution < -0.4 is 5.73 Å². The first kappa shape index (κ1) is 13.0. The zero-order chi connectivity index (χ0) is 14.2. The molecule has 2 N–H and O–H groups in total. The standard InChI is InChI=1S/C16H19N3O2/c17-9-11-6-8-14(20-11)16-18-15(19-21-16)13-7-5-10-3-1-2-4-12(10)13/h1-4,11,13-14H,5-9,17H2. The predicted octanol–water partition coefficient (Wildman–Crippen LogP) is 2.33. The van der Waals surface area contributed by atoms with Crippen molar-refractivity contribution in [3.63, 3.8) is 0 Å². The quantitative estimate of drug-likeness (QED) is 0.936. The highest BCUT2D eigenvalue weighted by molar-refractivity contribution is 5.38. The molecule has 110 valence electrons. The second-order valence-electron chi connectivity index (χ2n) is 5.84. The van der Waals surface area contributed by atoms with Gasteiger partial charge in [-0.05, 0) is 36.8 Å². The lowest BCUT2D eigenvalue weighted by Gasteiger charge is -2.08. The molecule has 2 aromatic rings. The van der Waals surface area contributed by atoms with Gasteiger partial charge in [-0.15, -0.1) is 0 Å². The van der Waals surface area contributed by atoms with E-state index in [1.807, 2.05) is 0 Å². The Balaban J connectivity index is 1.56. The number of rotatable bonds is 3. The molecule has 0 saturated carbocycles. The maximum atomic E-state index is 5.82. The molecule has 1 aliphatic heterocycles. The largest absolute Gasteiger partial charge is 0.364 e. The first-order chi connectivity index (χ1) is 10.3. The van der Waals surface area contributed by atoms with Crippen molar-refractivity contribution in [2.75, 3.05) is 6.54 Å². The lowest BCUT2D eigenvalue weighted by Crippen LogP contribution is -2.18. The van der Waals surface area contributed by atoms with Gasteiger partial charge >= 0.3 is 0 Å². The molecule has 3 unspecified atom stereocenters. The van der Waals surface area contributed by atoms with Gasteiger partial charge in [0.05, 0.1) is 6.10 Å². The molecule has 1 fully saturated rings. The molecule has 0 radical (unpaired) electrons. The van der Waals surface area contributed by atoms with Crippen molar-refractivity contribution < 1.29 is 9.26 Å². The third-order valence-corrected chi connectivity index (χ3v) is 4.55. The van der Waals surface area contributed by atoms with Gasteiger partial charge in [0.1, 0.15) is 6.10 Å². The van der Waals surface area contributed by atoms with Crippen molar-refractivity contribution >= 4 is 0 Å². The van der Waals surface area contributed by atoms with E-state index in [1.54, 1.807) is 0 Å². The van der Waals surface area contributed by atoms with E-state index in [4.69, 9.17) is 15.0 Å². The molecule has 5 nitrogen and oxygen atoms in total. The molecule has 0 spiro atoms. The van der Waals surface area contributed by atoms with Crippen LogP contribution in [-0.2, 0) is 11.2 Å². The van der Waals surface area contributed by atoms with Crippen LogP contribution in [0.4, 0.5) is 0 Å². The first-order valence-electron chi connectivity index (χ1n) is 7.62. The van der Waals surface area contributed by atoms with Gasteiger partial charge in [-0.25, -0.2) is 0 Å². The summed E-state index contributed by atoms with van der Waals surface area (Å²) in [6.45, 7) is 0.549. The van der Waals surface area contributed by atoms with Crippen LogP contribution in [0.25, 0.3) is 0 Å². The van der Waals surface area contributed by atoms with E-state index >= 15 is 0 Å². The van der Waals surface area contributed by atoms with E-state index in [2.05, 4.69) is 34.4 Å². The molecule has 5 heteroatoms. The van der Waals surface area contributed by atoms with E-state index in [0.717, 1.165) is 31.5 Å². The monoisotopic (exact) mass is 285 g/mol. The highest BCUT2D eigenvalue weighted by Gasteiger charge is 2.32. The van der Waals surface area contributed by atoms with E-state index < -0.39 is 0 Å². The van der Waals surface area contributed by atoms with Gasteiger partial charge in [-0.2, -0.15) is 4.98 Å². The normalized spacial score (nSPS) is 28.0. The Labute approximate surface area is 123 Å². The van der Waals surface area contributed by atoms with E-state index in [-0.39, 0.29) is 18.1 Å². The minimum atomic E-state index is -0.0866. The minimum absolute atomic E-state index is 0.0866. The van der Waals surface area contributed by atoms with E-state index in [1.165, 1.54) is 11.1 Å². The lowest BCUT2D eigenvalue weighted by molar-refractivity contribution is 0.0307. The lowest BCUT2D eigenvalue weighted by atomic mass is 10.0. The van der Waals surface area contributed by atoms with Crippen molar-refractivity contribution in [2.45, 2.75) is 43.8 Å². The van der Waals surface area contributed by atoms with Gasteiger partial charge in [0.15, 0.2) is 5.82 Å². The van der Waals surface area contributed by atoms with E-state index in [9.17, 15) is 0 Å². The van der Waals surface area contributed by atoms with Crippen LogP contribution in [0.3, 0.4) is 0 Å². The summed E-state index contributed by atoms with van der Waals surface area (Å²) in [5, 5.41) is 4.20. The Hall–Kier alpha value is -1.72. The summed E-state index contributed by atoms with van der Waals surface area (Å²) in [6.07, 6.45) is 4.04. The van der Waals surface area contributed by atoms with Crippen molar-refractivity contribution in [1.82, 2.24) is 10.1 Å². The summed E-state index contributed by atoms with van der Waals surface area (Å²) in [5.74, 6) is 1.64. The molecule has 1 aromatic carbocycles. The molecule has 1 saturated heterocycles. The van der Waals surface area contributed by atoms with Crippen LogP contribution in [0, 0.1) is 0 Å². The number of ether oxygens (including phenoxy) is 1. The van der Waals surface area contributed by atoms with Crippen LogP contribution in [0.2, 0.25) is 0 Å². The third kappa shape index (κ3) is 2.26. The predicted molar refractivity (Wildman–Crippen MR) is 76.8 cm³/mol. The number of aryl methyl sites for hydroxylation is 1. The Kier molecular flexibility index (Phi) is 3.24. The van der Waals surface area contributed by atoms with Crippen LogP contribution in [0.5, 0.6) is 0 Å². The van der Waals surface area contributed by atoms with Crippen molar-refractivity contribution in [2.24, 2.45) is 5.73 Å². The molecule has 3 atom stereocenters. The van der Waals surface area contributed by atoms with Crippen molar-refractivity contribution in [1.29, 1.82) is 0 Å². The minimum Gasteiger partial charge on any atom is -0.364 e. The van der Waals surface area contributed by atoms with Crippen molar-refractivity contribution in [3.05, 3.63) is 47.1 Å². The molecule has 4 rings (SSSR count).